The van der Waals surface area contributed by atoms with Crippen LogP contribution in [-0.2, 0) is 14.3 Å². The van der Waals surface area contributed by atoms with E-state index in [2.05, 4.69) is 0 Å². The Balaban J connectivity index is 3.89. The highest BCUT2D eigenvalue weighted by Crippen LogP contribution is 2.18. The summed E-state index contributed by atoms with van der Waals surface area (Å²) in [6.07, 6.45) is 0.757. The normalized spacial score (nSPS) is 12.9. The molecule has 15 heavy (non-hydrogen) atoms. The van der Waals surface area contributed by atoms with E-state index in [1.807, 2.05) is 13.8 Å². The number of carboxylic acid groups (broad SMARTS) is 1. The lowest BCUT2D eigenvalue weighted by atomic mass is 10.0. The maximum absolute atomic E-state index is 10.5. The molecule has 4 nitrogen and oxygen atoms in total. The Labute approximate surface area is 91.6 Å². The fourth-order valence-electron chi connectivity index (χ4n) is 1.09. The van der Waals surface area contributed by atoms with Crippen LogP contribution in [0.25, 0.3) is 0 Å². The molecule has 1 N–H and O–H groups in total. The van der Waals surface area contributed by atoms with Gasteiger partial charge in [-0.05, 0) is 34.1 Å². The zero-order chi connectivity index (χ0) is 12.1. The number of hydrogen-bond acceptors (Lipinski definition) is 3. The summed E-state index contributed by atoms with van der Waals surface area (Å²) in [7, 11) is 1.66. The van der Waals surface area contributed by atoms with E-state index in [-0.39, 0.29) is 12.0 Å². The van der Waals surface area contributed by atoms with Gasteiger partial charge in [0, 0.05) is 7.11 Å². The third-order valence-corrected chi connectivity index (χ3v) is 2.33. The fourth-order valence-corrected chi connectivity index (χ4v) is 1.09. The lowest BCUT2D eigenvalue weighted by Gasteiger charge is -2.27. The average Bonchev–Trinajstić information content (AvgIpc) is 2.00. The summed E-state index contributed by atoms with van der Waals surface area (Å²) in [4.78, 5) is 10.5. The Hall–Kier alpha value is -0.610. The van der Waals surface area contributed by atoms with Crippen LogP contribution in [-0.4, -0.2) is 36.0 Å². The minimum Gasteiger partial charge on any atom is -0.481 e. The molecule has 0 aliphatic carbocycles. The maximum atomic E-state index is 10.5. The Morgan fingerprint density at radius 2 is 1.73 bits per heavy atom. The number of ether oxygens (including phenoxy) is 2. The van der Waals surface area contributed by atoms with Crippen molar-refractivity contribution in [2.24, 2.45) is 0 Å². The van der Waals surface area contributed by atoms with Gasteiger partial charge < -0.3 is 14.6 Å². The first kappa shape index (κ1) is 14.4. The molecule has 0 rings (SSSR count). The number of rotatable bonds is 7. The van der Waals surface area contributed by atoms with Gasteiger partial charge in [-0.2, -0.15) is 0 Å². The maximum Gasteiger partial charge on any atom is 0.306 e. The molecule has 0 aromatic rings. The second-order valence-corrected chi connectivity index (χ2v) is 4.89. The highest BCUT2D eigenvalue weighted by atomic mass is 16.5. The van der Waals surface area contributed by atoms with Gasteiger partial charge in [-0.15, -0.1) is 0 Å². The molecular weight excluding hydrogens is 196 g/mol. The van der Waals surface area contributed by atoms with Crippen LogP contribution in [0.5, 0.6) is 0 Å². The molecule has 4 heteroatoms. The molecule has 0 unspecified atom stereocenters. The zero-order valence-electron chi connectivity index (χ0n) is 10.3. The molecule has 90 valence electrons. The molecule has 0 radical (unpaired) electrons. The van der Waals surface area contributed by atoms with Crippen molar-refractivity contribution in [2.45, 2.75) is 51.7 Å². The molecule has 0 aliphatic heterocycles. The number of carboxylic acids is 1. The van der Waals surface area contributed by atoms with Crippen molar-refractivity contribution < 1.29 is 19.4 Å². The number of methoxy groups -OCH3 is 1. The molecular formula is C11H22O4. The van der Waals surface area contributed by atoms with Crippen LogP contribution in [0.3, 0.4) is 0 Å². The zero-order valence-corrected chi connectivity index (χ0v) is 10.3. The van der Waals surface area contributed by atoms with Crippen LogP contribution >= 0.6 is 0 Å². The molecule has 0 atom stereocenters. The van der Waals surface area contributed by atoms with Crippen molar-refractivity contribution in [3.05, 3.63) is 0 Å². The van der Waals surface area contributed by atoms with E-state index in [1.165, 1.54) is 0 Å². The first-order valence-corrected chi connectivity index (χ1v) is 5.09. The summed E-state index contributed by atoms with van der Waals surface area (Å²) in [5, 5.41) is 8.65. The van der Waals surface area contributed by atoms with E-state index in [0.29, 0.717) is 6.61 Å². The summed E-state index contributed by atoms with van der Waals surface area (Å²) < 4.78 is 10.8. The van der Waals surface area contributed by atoms with Gasteiger partial charge >= 0.3 is 5.97 Å². The van der Waals surface area contributed by atoms with Crippen molar-refractivity contribution in [3.8, 4) is 0 Å². The van der Waals surface area contributed by atoms with E-state index in [4.69, 9.17) is 14.6 Å². The third-order valence-electron chi connectivity index (χ3n) is 2.33. The number of hydrogen-bond donors (Lipinski definition) is 1. The topological polar surface area (TPSA) is 55.8 Å². The summed E-state index contributed by atoms with van der Waals surface area (Å²) in [6, 6.07) is 0. The van der Waals surface area contributed by atoms with E-state index in [0.717, 1.165) is 6.42 Å². The average molecular weight is 218 g/mol. The molecule has 0 fully saturated rings. The first-order valence-electron chi connectivity index (χ1n) is 5.09. The standard InChI is InChI=1S/C11H22O4/c1-10(2,14-5)6-7-15-11(3,4)8-9(12)13/h6-8H2,1-5H3,(H,12,13). The quantitative estimate of drug-likeness (QED) is 0.710. The van der Waals surface area contributed by atoms with Crippen molar-refractivity contribution >= 4 is 5.97 Å². The molecule has 0 amide bonds. The van der Waals surface area contributed by atoms with Gasteiger partial charge in [0.2, 0.25) is 0 Å². The lowest BCUT2D eigenvalue weighted by Crippen LogP contribution is -2.31. The SMILES string of the molecule is COC(C)(C)CCOC(C)(C)CC(=O)O. The van der Waals surface area contributed by atoms with Crippen LogP contribution in [0.15, 0.2) is 0 Å². The van der Waals surface area contributed by atoms with Gasteiger partial charge in [0.25, 0.3) is 0 Å². The van der Waals surface area contributed by atoms with Gasteiger partial charge in [0.05, 0.1) is 24.2 Å². The van der Waals surface area contributed by atoms with Crippen molar-refractivity contribution in [2.75, 3.05) is 13.7 Å². The van der Waals surface area contributed by atoms with E-state index in [1.54, 1.807) is 21.0 Å². The van der Waals surface area contributed by atoms with Crippen LogP contribution in [0.2, 0.25) is 0 Å². The molecule has 0 bridgehead atoms. The lowest BCUT2D eigenvalue weighted by molar-refractivity contribution is -0.144. The van der Waals surface area contributed by atoms with Crippen molar-refractivity contribution in [3.63, 3.8) is 0 Å². The fraction of sp³-hybridized carbons (Fsp3) is 0.909. The Bertz CT molecular complexity index is 209. The molecule has 0 heterocycles. The molecule has 0 saturated carbocycles. The van der Waals surface area contributed by atoms with Crippen molar-refractivity contribution in [1.29, 1.82) is 0 Å². The Morgan fingerprint density at radius 3 is 2.13 bits per heavy atom. The van der Waals surface area contributed by atoms with Gasteiger partial charge in [-0.25, -0.2) is 0 Å². The van der Waals surface area contributed by atoms with Crippen LogP contribution in [0, 0.1) is 0 Å². The highest BCUT2D eigenvalue weighted by molar-refractivity contribution is 5.67. The number of carbonyl (C=O) groups is 1. The summed E-state index contributed by atoms with van der Waals surface area (Å²) in [6.45, 7) is 8.00. The van der Waals surface area contributed by atoms with E-state index < -0.39 is 11.6 Å². The third kappa shape index (κ3) is 7.33. The van der Waals surface area contributed by atoms with Gasteiger partial charge in [-0.3, -0.25) is 4.79 Å². The predicted octanol–water partition coefficient (Wildman–Crippen LogP) is 2.07. The second kappa shape index (κ2) is 5.47. The molecule has 0 aromatic heterocycles. The summed E-state index contributed by atoms with van der Waals surface area (Å²) in [5.74, 6) is -0.842. The smallest absolute Gasteiger partial charge is 0.306 e. The van der Waals surface area contributed by atoms with E-state index in [9.17, 15) is 4.79 Å². The van der Waals surface area contributed by atoms with Gasteiger partial charge in [-0.1, -0.05) is 0 Å². The second-order valence-electron chi connectivity index (χ2n) is 4.89. The van der Waals surface area contributed by atoms with Crippen LogP contribution < -0.4 is 0 Å². The molecule has 0 saturated heterocycles. The molecule has 0 aromatic carbocycles. The predicted molar refractivity (Wildman–Crippen MR) is 58.0 cm³/mol. The minimum absolute atomic E-state index is 0.0143. The van der Waals surface area contributed by atoms with Crippen molar-refractivity contribution in [1.82, 2.24) is 0 Å². The monoisotopic (exact) mass is 218 g/mol. The van der Waals surface area contributed by atoms with Crippen LogP contribution in [0.4, 0.5) is 0 Å². The van der Waals surface area contributed by atoms with Crippen LogP contribution in [0.1, 0.15) is 40.5 Å². The van der Waals surface area contributed by atoms with Gasteiger partial charge in [0.1, 0.15) is 0 Å². The summed E-state index contributed by atoms with van der Waals surface area (Å²) in [5.41, 5.74) is -0.838. The highest BCUT2D eigenvalue weighted by Gasteiger charge is 2.24. The first-order chi connectivity index (χ1) is 6.68. The largest absolute Gasteiger partial charge is 0.481 e. The number of aliphatic carboxylic acids is 1. The van der Waals surface area contributed by atoms with E-state index >= 15 is 0 Å². The minimum atomic E-state index is -0.842. The Morgan fingerprint density at radius 1 is 1.20 bits per heavy atom. The molecule has 0 spiro atoms. The van der Waals surface area contributed by atoms with Gasteiger partial charge in [0.15, 0.2) is 0 Å². The summed E-state index contributed by atoms with van der Waals surface area (Å²) >= 11 is 0. The molecule has 0 aliphatic rings. The Kier molecular flexibility index (Phi) is 5.24.